The van der Waals surface area contributed by atoms with Crippen molar-refractivity contribution in [3.05, 3.63) is 0 Å². The monoisotopic (exact) mass is 307 g/mol. The topological polar surface area (TPSA) is 69.7 Å². The Bertz CT molecular complexity index is 444. The number of nitrogens with zero attached hydrogens (tertiary/aromatic N) is 2. The van der Waals surface area contributed by atoms with E-state index in [1.807, 2.05) is 4.90 Å². The fraction of sp³-hybridized carbons (Fsp3) is 0.812. The van der Waals surface area contributed by atoms with Crippen LogP contribution in [0.5, 0.6) is 0 Å². The van der Waals surface area contributed by atoms with Crippen LogP contribution >= 0.6 is 0 Å². The Hall–Kier alpha value is -1.59. The number of urea groups is 1. The fourth-order valence-electron chi connectivity index (χ4n) is 3.94. The van der Waals surface area contributed by atoms with Gasteiger partial charge in [0.1, 0.15) is 0 Å². The Balaban J connectivity index is 1.46. The van der Waals surface area contributed by atoms with Gasteiger partial charge in [-0.1, -0.05) is 32.1 Å². The minimum atomic E-state index is -0.313. The van der Waals surface area contributed by atoms with Crippen LogP contribution in [0.3, 0.4) is 0 Å². The van der Waals surface area contributed by atoms with E-state index in [0.29, 0.717) is 31.8 Å². The first-order chi connectivity index (χ1) is 10.6. The van der Waals surface area contributed by atoms with Gasteiger partial charge in [-0.15, -0.1) is 0 Å². The van der Waals surface area contributed by atoms with Gasteiger partial charge in [-0.05, 0) is 18.8 Å². The fourth-order valence-corrected chi connectivity index (χ4v) is 3.94. The average Bonchev–Trinajstić information content (AvgIpc) is 3.13. The van der Waals surface area contributed by atoms with Gasteiger partial charge in [0.25, 0.3) is 0 Å². The summed E-state index contributed by atoms with van der Waals surface area (Å²) in [5.74, 6) is 0.716. The van der Waals surface area contributed by atoms with Crippen LogP contribution in [0.15, 0.2) is 0 Å². The minimum absolute atomic E-state index is 0.0883. The second-order valence-corrected chi connectivity index (χ2v) is 6.75. The first-order valence-corrected chi connectivity index (χ1v) is 8.53. The summed E-state index contributed by atoms with van der Waals surface area (Å²) in [6.45, 7) is 1.25. The Morgan fingerprint density at radius 3 is 2.59 bits per heavy atom. The van der Waals surface area contributed by atoms with Crippen molar-refractivity contribution in [2.45, 2.75) is 57.4 Å². The molecule has 1 saturated carbocycles. The number of likely N-dealkylation sites (tertiary alicyclic amines) is 1. The molecule has 1 aliphatic carbocycles. The molecule has 1 N–H and O–H groups in total. The largest absolute Gasteiger partial charge is 0.341 e. The summed E-state index contributed by atoms with van der Waals surface area (Å²) in [5, 5.41) is 2.54. The number of hydrogen-bond acceptors (Lipinski definition) is 3. The smallest absolute Gasteiger partial charge is 0.324 e. The van der Waals surface area contributed by atoms with E-state index in [-0.39, 0.29) is 30.4 Å². The Morgan fingerprint density at radius 1 is 1.14 bits per heavy atom. The summed E-state index contributed by atoms with van der Waals surface area (Å²) >= 11 is 0. The molecule has 0 spiro atoms. The van der Waals surface area contributed by atoms with Gasteiger partial charge in [0.2, 0.25) is 11.8 Å². The number of carbonyl (C=O) groups excluding carboxylic acids is 3. The lowest BCUT2D eigenvalue weighted by Crippen LogP contribution is -2.42. The van der Waals surface area contributed by atoms with Crippen molar-refractivity contribution in [3.8, 4) is 0 Å². The number of amides is 4. The molecule has 1 unspecified atom stereocenters. The molecule has 0 radical (unpaired) electrons. The third kappa shape index (κ3) is 3.25. The summed E-state index contributed by atoms with van der Waals surface area (Å²) in [6, 6.07) is -0.458. The second-order valence-electron chi connectivity index (χ2n) is 6.75. The zero-order valence-corrected chi connectivity index (χ0v) is 13.1. The lowest BCUT2D eigenvalue weighted by molar-refractivity contribution is -0.131. The van der Waals surface area contributed by atoms with Crippen molar-refractivity contribution in [2.75, 3.05) is 19.6 Å². The van der Waals surface area contributed by atoms with Gasteiger partial charge < -0.3 is 10.2 Å². The molecule has 4 amide bonds. The molecule has 22 heavy (non-hydrogen) atoms. The Morgan fingerprint density at radius 2 is 1.91 bits per heavy atom. The molecule has 122 valence electrons. The van der Waals surface area contributed by atoms with Crippen molar-refractivity contribution >= 4 is 17.8 Å². The molecule has 3 rings (SSSR count). The van der Waals surface area contributed by atoms with E-state index in [2.05, 4.69) is 5.32 Å². The molecule has 3 aliphatic rings. The Labute approximate surface area is 131 Å². The summed E-state index contributed by atoms with van der Waals surface area (Å²) in [6.07, 6.45) is 8.77. The molecule has 2 saturated heterocycles. The van der Waals surface area contributed by atoms with Gasteiger partial charge >= 0.3 is 6.03 Å². The van der Waals surface area contributed by atoms with Gasteiger partial charge in [-0.25, -0.2) is 4.79 Å². The molecule has 0 aromatic heterocycles. The van der Waals surface area contributed by atoms with E-state index in [9.17, 15) is 14.4 Å². The Kier molecular flexibility index (Phi) is 4.64. The van der Waals surface area contributed by atoms with Gasteiger partial charge in [-0.3, -0.25) is 14.5 Å². The van der Waals surface area contributed by atoms with Gasteiger partial charge in [-0.2, -0.15) is 0 Å². The number of nitrogens with one attached hydrogen (secondary N) is 1. The summed E-state index contributed by atoms with van der Waals surface area (Å²) in [7, 11) is 0. The third-order valence-electron chi connectivity index (χ3n) is 5.25. The second kappa shape index (κ2) is 6.67. The molecule has 0 aromatic rings. The predicted molar refractivity (Wildman–Crippen MR) is 81.0 cm³/mol. The van der Waals surface area contributed by atoms with E-state index >= 15 is 0 Å². The molecule has 3 fully saturated rings. The highest BCUT2D eigenvalue weighted by Gasteiger charge is 2.39. The SMILES string of the molecule is O=C(CCC1CCCCC1)N1CCC(N2C(=O)CNC2=O)C1. The standard InChI is InChI=1S/C16H25N3O3/c20-14(7-6-12-4-2-1-3-5-12)18-9-8-13(11-18)19-15(21)10-17-16(19)22/h12-13H,1-11H2,(H,17,22). The van der Waals surface area contributed by atoms with Gasteiger partial charge in [0.15, 0.2) is 0 Å². The molecule has 0 bridgehead atoms. The maximum Gasteiger partial charge on any atom is 0.324 e. The molecule has 1 atom stereocenters. The zero-order valence-electron chi connectivity index (χ0n) is 13.1. The van der Waals surface area contributed by atoms with Crippen molar-refractivity contribution in [2.24, 2.45) is 5.92 Å². The van der Waals surface area contributed by atoms with Crippen molar-refractivity contribution in [3.63, 3.8) is 0 Å². The van der Waals surface area contributed by atoms with Crippen molar-refractivity contribution in [1.29, 1.82) is 0 Å². The maximum atomic E-state index is 12.3. The molecule has 6 nitrogen and oxygen atoms in total. The highest BCUT2D eigenvalue weighted by atomic mass is 16.2. The molecule has 2 heterocycles. The lowest BCUT2D eigenvalue weighted by Gasteiger charge is -2.24. The first-order valence-electron chi connectivity index (χ1n) is 8.53. The van der Waals surface area contributed by atoms with Crippen LogP contribution in [0.1, 0.15) is 51.4 Å². The number of imide groups is 1. The summed E-state index contributed by atoms with van der Waals surface area (Å²) in [5.41, 5.74) is 0. The van der Waals surface area contributed by atoms with E-state index in [4.69, 9.17) is 0 Å². The van der Waals surface area contributed by atoms with E-state index in [1.54, 1.807) is 0 Å². The normalized spacial score (nSPS) is 26.6. The molecule has 2 aliphatic heterocycles. The van der Waals surface area contributed by atoms with Crippen molar-refractivity contribution in [1.82, 2.24) is 15.1 Å². The minimum Gasteiger partial charge on any atom is -0.341 e. The number of rotatable bonds is 4. The summed E-state index contributed by atoms with van der Waals surface area (Å²) in [4.78, 5) is 38.8. The third-order valence-corrected chi connectivity index (χ3v) is 5.25. The van der Waals surface area contributed by atoms with Crippen LogP contribution in [-0.4, -0.2) is 53.3 Å². The zero-order chi connectivity index (χ0) is 15.5. The molecule has 0 aromatic carbocycles. The van der Waals surface area contributed by atoms with Crippen LogP contribution in [0.2, 0.25) is 0 Å². The number of hydrogen-bond donors (Lipinski definition) is 1. The van der Waals surface area contributed by atoms with Gasteiger partial charge in [0.05, 0.1) is 12.6 Å². The van der Waals surface area contributed by atoms with Crippen molar-refractivity contribution < 1.29 is 14.4 Å². The lowest BCUT2D eigenvalue weighted by atomic mass is 9.86. The van der Waals surface area contributed by atoms with E-state index in [1.165, 1.54) is 37.0 Å². The van der Waals surface area contributed by atoms with E-state index < -0.39 is 0 Å². The van der Waals surface area contributed by atoms with Crippen LogP contribution < -0.4 is 5.32 Å². The quantitative estimate of drug-likeness (QED) is 0.800. The average molecular weight is 307 g/mol. The highest BCUT2D eigenvalue weighted by Crippen LogP contribution is 2.28. The highest BCUT2D eigenvalue weighted by molar-refractivity contribution is 6.02. The van der Waals surface area contributed by atoms with Gasteiger partial charge in [0, 0.05) is 19.5 Å². The van der Waals surface area contributed by atoms with Crippen LogP contribution in [0, 0.1) is 5.92 Å². The molecule has 6 heteroatoms. The summed E-state index contributed by atoms with van der Waals surface area (Å²) < 4.78 is 0. The van der Waals surface area contributed by atoms with Crippen LogP contribution in [0.4, 0.5) is 4.79 Å². The maximum absolute atomic E-state index is 12.3. The molecular formula is C16H25N3O3. The number of carbonyl (C=O) groups is 3. The molecular weight excluding hydrogens is 282 g/mol. The van der Waals surface area contributed by atoms with E-state index in [0.717, 1.165) is 6.42 Å². The van der Waals surface area contributed by atoms with Crippen LogP contribution in [-0.2, 0) is 9.59 Å². The van der Waals surface area contributed by atoms with Crippen LogP contribution in [0.25, 0.3) is 0 Å². The predicted octanol–water partition coefficient (Wildman–Crippen LogP) is 1.50. The first kappa shape index (κ1) is 15.3.